The molecular formula is C37H37N3O4S. The van der Waals surface area contributed by atoms with Crippen molar-refractivity contribution in [2.75, 3.05) is 23.7 Å². The highest BCUT2D eigenvalue weighted by Crippen LogP contribution is 2.32. The van der Waals surface area contributed by atoms with Gasteiger partial charge in [-0.1, -0.05) is 91.0 Å². The van der Waals surface area contributed by atoms with Gasteiger partial charge in [-0.2, -0.15) is 0 Å². The monoisotopic (exact) mass is 619 g/mol. The minimum absolute atomic E-state index is 0.226. The number of aliphatic hydroxyl groups is 1. The van der Waals surface area contributed by atoms with Gasteiger partial charge >= 0.3 is 0 Å². The van der Waals surface area contributed by atoms with Crippen LogP contribution in [-0.2, 0) is 28.8 Å². The summed E-state index contributed by atoms with van der Waals surface area (Å²) in [5.41, 5.74) is 4.20. The summed E-state index contributed by atoms with van der Waals surface area (Å²) in [5.74, 6) is 0.754. The van der Waals surface area contributed by atoms with E-state index < -0.39 is 15.7 Å². The molecule has 0 amide bonds. The van der Waals surface area contributed by atoms with Crippen LogP contribution in [0.5, 0.6) is 5.75 Å². The predicted molar refractivity (Wildman–Crippen MR) is 182 cm³/mol. The second-order valence-electron chi connectivity index (χ2n) is 11.4. The molecule has 1 atom stereocenters. The van der Waals surface area contributed by atoms with Gasteiger partial charge in [0.15, 0.2) is 0 Å². The molecule has 2 N–H and O–H groups in total. The van der Waals surface area contributed by atoms with Gasteiger partial charge < -0.3 is 14.4 Å². The van der Waals surface area contributed by atoms with Crippen LogP contribution in [0.2, 0.25) is 0 Å². The topological polar surface area (TPSA) is 83.8 Å². The Morgan fingerprint density at radius 2 is 1.40 bits per heavy atom. The van der Waals surface area contributed by atoms with E-state index in [-0.39, 0.29) is 6.54 Å². The zero-order chi connectivity index (χ0) is 31.4. The zero-order valence-electron chi connectivity index (χ0n) is 25.4. The van der Waals surface area contributed by atoms with Crippen molar-refractivity contribution in [2.24, 2.45) is 0 Å². The molecule has 0 aliphatic rings. The van der Waals surface area contributed by atoms with Crippen LogP contribution in [0, 0.1) is 0 Å². The summed E-state index contributed by atoms with van der Waals surface area (Å²) in [6.07, 6.45) is 1.20. The quantitative estimate of drug-likeness (QED) is 0.119. The van der Waals surface area contributed by atoms with E-state index in [2.05, 4.69) is 70.5 Å². The third-order valence-corrected chi connectivity index (χ3v) is 9.20. The fraction of sp³-hybridized carbons (Fsp3) is 0.189. The largest absolute Gasteiger partial charge is 0.492 e. The molecule has 0 spiro atoms. The number of para-hydroxylation sites is 1. The lowest BCUT2D eigenvalue weighted by Gasteiger charge is -2.27. The molecule has 0 aliphatic heterocycles. The maximum atomic E-state index is 12.6. The molecule has 5 aromatic carbocycles. The van der Waals surface area contributed by atoms with Gasteiger partial charge in [0, 0.05) is 35.4 Å². The molecule has 7 nitrogen and oxygen atoms in total. The number of anilines is 1. The molecular weight excluding hydrogens is 582 g/mol. The molecule has 0 aliphatic carbocycles. The molecule has 6 rings (SSSR count). The van der Waals surface area contributed by atoms with E-state index in [9.17, 15) is 13.5 Å². The number of benzene rings is 5. The van der Waals surface area contributed by atoms with Crippen LogP contribution in [0.1, 0.15) is 23.6 Å². The highest BCUT2D eigenvalue weighted by molar-refractivity contribution is 7.92. The van der Waals surface area contributed by atoms with E-state index in [0.29, 0.717) is 24.4 Å². The second-order valence-corrected chi connectivity index (χ2v) is 13.3. The number of ether oxygens (including phenoxy) is 1. The molecule has 0 radical (unpaired) electrons. The predicted octanol–water partition coefficient (Wildman–Crippen LogP) is 6.64. The Balaban J connectivity index is 1.12. The number of nitrogens with zero attached hydrogens (tertiary/aromatic N) is 2. The van der Waals surface area contributed by atoms with Gasteiger partial charge in [0.25, 0.3) is 0 Å². The Labute approximate surface area is 264 Å². The van der Waals surface area contributed by atoms with Crippen molar-refractivity contribution in [3.05, 3.63) is 144 Å². The molecule has 1 heterocycles. The Morgan fingerprint density at radius 3 is 2.09 bits per heavy atom. The SMILES string of the molecule is C[C@](O)(NCCOc1ccc2c3ccccc3n(Cc3ccccc3)c2c1)c1ccc(N(Cc2ccccc2)S(C)(=O)=O)cc1. The van der Waals surface area contributed by atoms with Gasteiger partial charge in [0.1, 0.15) is 18.1 Å². The van der Waals surface area contributed by atoms with Gasteiger partial charge in [-0.3, -0.25) is 9.62 Å². The number of nitrogens with one attached hydrogen (secondary N) is 1. The van der Waals surface area contributed by atoms with Crippen LogP contribution in [0.15, 0.2) is 127 Å². The highest BCUT2D eigenvalue weighted by Gasteiger charge is 2.24. The minimum Gasteiger partial charge on any atom is -0.492 e. The van der Waals surface area contributed by atoms with E-state index in [4.69, 9.17) is 4.74 Å². The molecule has 0 bridgehead atoms. The lowest BCUT2D eigenvalue weighted by molar-refractivity contribution is 0.0169. The van der Waals surface area contributed by atoms with Gasteiger partial charge in [-0.25, -0.2) is 8.42 Å². The summed E-state index contributed by atoms with van der Waals surface area (Å²) >= 11 is 0. The van der Waals surface area contributed by atoms with Crippen molar-refractivity contribution in [3.63, 3.8) is 0 Å². The number of hydrogen-bond acceptors (Lipinski definition) is 5. The summed E-state index contributed by atoms with van der Waals surface area (Å²) in [6.45, 7) is 3.39. The number of rotatable bonds is 12. The molecule has 1 aromatic heterocycles. The molecule has 6 aromatic rings. The summed E-state index contributed by atoms with van der Waals surface area (Å²) in [4.78, 5) is 0. The molecule has 0 saturated carbocycles. The van der Waals surface area contributed by atoms with Crippen LogP contribution in [-0.4, -0.2) is 37.5 Å². The minimum atomic E-state index is -3.51. The number of aromatic nitrogens is 1. The number of hydrogen-bond donors (Lipinski definition) is 2. The fourth-order valence-electron chi connectivity index (χ4n) is 5.72. The summed E-state index contributed by atoms with van der Waals surface area (Å²) in [6, 6.07) is 41.4. The van der Waals surface area contributed by atoms with Crippen molar-refractivity contribution < 1.29 is 18.3 Å². The maximum Gasteiger partial charge on any atom is 0.232 e. The summed E-state index contributed by atoms with van der Waals surface area (Å²) in [5, 5.41) is 16.7. The van der Waals surface area contributed by atoms with Crippen LogP contribution in [0.4, 0.5) is 5.69 Å². The van der Waals surface area contributed by atoms with Gasteiger partial charge in [-0.15, -0.1) is 0 Å². The first-order valence-electron chi connectivity index (χ1n) is 15.0. The Hall–Kier alpha value is -4.63. The Morgan fingerprint density at radius 1 is 0.778 bits per heavy atom. The third kappa shape index (κ3) is 6.88. The standard InChI is InChI=1S/C37H37N3O4S/c1-37(41,30-17-19-31(20-18-30)40(45(2,42)43)27-29-13-7-4-8-14-29)38-23-24-44-32-21-22-34-33-15-9-10-16-35(33)39(36(34)25-32)26-28-11-5-3-6-12-28/h3-22,25,38,41H,23-24,26-27H2,1-2H3/t37-/m1/s1. The molecule has 0 saturated heterocycles. The average Bonchev–Trinajstić information content (AvgIpc) is 3.35. The second kappa shape index (κ2) is 12.8. The maximum absolute atomic E-state index is 12.6. The van der Waals surface area contributed by atoms with E-state index in [1.165, 1.54) is 32.4 Å². The van der Waals surface area contributed by atoms with Crippen molar-refractivity contribution in [3.8, 4) is 5.75 Å². The molecule has 45 heavy (non-hydrogen) atoms. The van der Waals surface area contributed by atoms with Crippen LogP contribution >= 0.6 is 0 Å². The highest BCUT2D eigenvalue weighted by atomic mass is 32.2. The molecule has 8 heteroatoms. The first kappa shape index (κ1) is 30.4. The first-order valence-corrected chi connectivity index (χ1v) is 16.8. The van der Waals surface area contributed by atoms with Gasteiger partial charge in [0.05, 0.1) is 24.0 Å². The zero-order valence-corrected chi connectivity index (χ0v) is 26.2. The number of sulfonamides is 1. The smallest absolute Gasteiger partial charge is 0.232 e. The lowest BCUT2D eigenvalue weighted by Crippen LogP contribution is -2.41. The van der Waals surface area contributed by atoms with Gasteiger partial charge in [-0.05, 0) is 53.9 Å². The van der Waals surface area contributed by atoms with Crippen molar-refractivity contribution in [1.82, 2.24) is 9.88 Å². The van der Waals surface area contributed by atoms with Gasteiger partial charge in [0.2, 0.25) is 10.0 Å². The van der Waals surface area contributed by atoms with Crippen LogP contribution in [0.3, 0.4) is 0 Å². The summed E-state index contributed by atoms with van der Waals surface area (Å²) in [7, 11) is -3.51. The summed E-state index contributed by atoms with van der Waals surface area (Å²) < 4.78 is 35.0. The number of fused-ring (bicyclic) bond motifs is 3. The van der Waals surface area contributed by atoms with E-state index >= 15 is 0 Å². The first-order chi connectivity index (χ1) is 21.7. The Bertz CT molecular complexity index is 2010. The fourth-order valence-corrected chi connectivity index (χ4v) is 6.61. The van der Waals surface area contributed by atoms with Crippen molar-refractivity contribution in [1.29, 1.82) is 0 Å². The molecule has 0 fully saturated rings. The molecule has 0 unspecified atom stereocenters. The lowest BCUT2D eigenvalue weighted by atomic mass is 10.0. The third-order valence-electron chi connectivity index (χ3n) is 8.06. The van der Waals surface area contributed by atoms with Crippen LogP contribution in [0.25, 0.3) is 21.8 Å². The van der Waals surface area contributed by atoms with E-state index in [1.807, 2.05) is 42.5 Å². The van der Waals surface area contributed by atoms with Crippen LogP contribution < -0.4 is 14.4 Å². The van der Waals surface area contributed by atoms with E-state index in [1.54, 1.807) is 31.2 Å². The van der Waals surface area contributed by atoms with Crippen molar-refractivity contribution >= 4 is 37.5 Å². The van der Waals surface area contributed by atoms with E-state index in [0.717, 1.165) is 23.4 Å². The average molecular weight is 620 g/mol. The Kier molecular flexibility index (Phi) is 8.63. The molecule has 230 valence electrons. The van der Waals surface area contributed by atoms with Crippen molar-refractivity contribution in [2.45, 2.75) is 25.7 Å². The normalized spacial score (nSPS) is 13.1.